The third kappa shape index (κ3) is 5.25. The van der Waals surface area contributed by atoms with E-state index in [2.05, 4.69) is 10.6 Å². The first-order valence-corrected chi connectivity index (χ1v) is 11.4. The summed E-state index contributed by atoms with van der Waals surface area (Å²) in [5, 5.41) is 35.2. The molecule has 1 aromatic heterocycles. The minimum Gasteiger partial charge on any atom is -0.508 e. The third-order valence-electron chi connectivity index (χ3n) is 5.98. The lowest BCUT2D eigenvalue weighted by molar-refractivity contribution is -0.137. The Morgan fingerprint density at radius 3 is 2.57 bits per heavy atom. The molecule has 1 aliphatic carbocycles. The summed E-state index contributed by atoms with van der Waals surface area (Å²) in [6.45, 7) is 0.169. The normalized spacial score (nSPS) is 13.2. The van der Waals surface area contributed by atoms with Gasteiger partial charge in [-0.1, -0.05) is 41.9 Å². The van der Waals surface area contributed by atoms with Gasteiger partial charge in [0.25, 0.3) is 5.56 Å². The number of aromatic nitrogens is 1. The Morgan fingerprint density at radius 1 is 1.09 bits per heavy atom. The SMILES string of the molecule is O=C(O)C[C@H](NC(=O)Nc1c(O)c2c(n(Cc3ccccc3Cl)c1=O)CCC2)c1cccc(O)c1. The molecule has 0 fully saturated rings. The molecule has 5 N–H and O–H groups in total. The van der Waals surface area contributed by atoms with Crippen molar-refractivity contribution >= 4 is 29.3 Å². The smallest absolute Gasteiger partial charge is 0.319 e. The predicted octanol–water partition coefficient (Wildman–Crippen LogP) is 3.79. The fourth-order valence-electron chi connectivity index (χ4n) is 4.34. The zero-order valence-corrected chi connectivity index (χ0v) is 19.4. The quantitative estimate of drug-likeness (QED) is 0.336. The topological polar surface area (TPSA) is 141 Å². The van der Waals surface area contributed by atoms with Crippen LogP contribution < -0.4 is 16.2 Å². The summed E-state index contributed by atoms with van der Waals surface area (Å²) < 4.78 is 1.50. The number of phenolic OH excluding ortho intramolecular Hbond substituents is 1. The van der Waals surface area contributed by atoms with Crippen molar-refractivity contribution in [3.05, 3.63) is 86.3 Å². The van der Waals surface area contributed by atoms with Gasteiger partial charge in [0.05, 0.1) is 19.0 Å². The van der Waals surface area contributed by atoms with Crippen LogP contribution in [0.15, 0.2) is 53.3 Å². The lowest BCUT2D eigenvalue weighted by Gasteiger charge is -2.20. The highest BCUT2D eigenvalue weighted by Gasteiger charge is 2.27. The zero-order valence-electron chi connectivity index (χ0n) is 18.6. The number of fused-ring (bicyclic) bond motifs is 1. The highest BCUT2D eigenvalue weighted by atomic mass is 35.5. The molecule has 2 amide bonds. The first kappa shape index (κ1) is 24.2. The number of hydrogen-bond acceptors (Lipinski definition) is 5. The number of pyridine rings is 1. The second kappa shape index (κ2) is 10.1. The minimum absolute atomic E-state index is 0.0844. The molecule has 0 unspecified atom stereocenters. The molecule has 0 spiro atoms. The number of anilines is 1. The summed E-state index contributed by atoms with van der Waals surface area (Å²) in [6.07, 6.45) is 1.45. The third-order valence-corrected chi connectivity index (χ3v) is 6.35. The summed E-state index contributed by atoms with van der Waals surface area (Å²) in [4.78, 5) is 37.6. The van der Waals surface area contributed by atoms with E-state index in [9.17, 15) is 29.7 Å². The van der Waals surface area contributed by atoms with E-state index in [1.807, 2.05) is 6.07 Å². The fraction of sp³-hybridized carbons (Fsp3) is 0.240. The van der Waals surface area contributed by atoms with Crippen molar-refractivity contribution in [3.8, 4) is 11.5 Å². The average molecular weight is 498 g/mol. The first-order valence-electron chi connectivity index (χ1n) is 11.0. The predicted molar refractivity (Wildman–Crippen MR) is 130 cm³/mol. The maximum absolute atomic E-state index is 13.4. The number of aliphatic carboxylic acids is 1. The number of amides is 2. The van der Waals surface area contributed by atoms with E-state index in [1.165, 1.54) is 22.8 Å². The molecule has 9 nitrogen and oxygen atoms in total. The summed E-state index contributed by atoms with van der Waals surface area (Å²) >= 11 is 6.29. The second-order valence-electron chi connectivity index (χ2n) is 8.33. The lowest BCUT2D eigenvalue weighted by atomic mass is 10.0. The number of benzene rings is 2. The van der Waals surface area contributed by atoms with Crippen LogP contribution in [0, 0.1) is 0 Å². The maximum atomic E-state index is 13.4. The number of nitrogens with one attached hydrogen (secondary N) is 2. The number of carboxylic acids is 1. The second-order valence-corrected chi connectivity index (χ2v) is 8.74. The molecule has 1 aliphatic rings. The standard InChI is InChI=1S/C25H24ClN3O6/c26-18-9-2-1-5-15(18)13-29-20-10-4-8-17(20)23(33)22(24(29)34)28-25(35)27-19(12-21(31)32)14-6-3-7-16(30)11-14/h1-3,5-7,9,11,19,30,33H,4,8,10,12-13H2,(H,31,32)(H2,27,28,35)/t19-/m0/s1. The van der Waals surface area contributed by atoms with Crippen LogP contribution in [0.1, 0.15) is 41.3 Å². The number of rotatable bonds is 7. The van der Waals surface area contributed by atoms with E-state index in [1.54, 1.807) is 24.3 Å². The number of carboxylic acid groups (broad SMARTS) is 1. The average Bonchev–Trinajstić information content (AvgIpc) is 3.30. The van der Waals surface area contributed by atoms with E-state index in [0.717, 1.165) is 12.0 Å². The van der Waals surface area contributed by atoms with Crippen LogP contribution in [-0.4, -0.2) is 31.9 Å². The van der Waals surface area contributed by atoms with Crippen molar-refractivity contribution in [1.29, 1.82) is 0 Å². The Labute approximate surface area is 205 Å². The van der Waals surface area contributed by atoms with Crippen LogP contribution >= 0.6 is 11.6 Å². The number of carbonyl (C=O) groups is 2. The fourth-order valence-corrected chi connectivity index (χ4v) is 4.54. The summed E-state index contributed by atoms with van der Waals surface area (Å²) in [5.74, 6) is -1.54. The number of nitrogens with zero attached hydrogens (tertiary/aromatic N) is 1. The van der Waals surface area contributed by atoms with Gasteiger partial charge in [-0.15, -0.1) is 0 Å². The summed E-state index contributed by atoms with van der Waals surface area (Å²) in [6, 6.07) is 11.1. The summed E-state index contributed by atoms with van der Waals surface area (Å²) in [5.41, 5.74) is 1.49. The van der Waals surface area contributed by atoms with Crippen molar-refractivity contribution in [2.24, 2.45) is 0 Å². The number of carbonyl (C=O) groups excluding carboxylic acids is 1. The molecule has 0 radical (unpaired) electrons. The van der Waals surface area contributed by atoms with E-state index in [-0.39, 0.29) is 23.7 Å². The molecule has 1 atom stereocenters. The molecule has 0 bridgehead atoms. The highest BCUT2D eigenvalue weighted by molar-refractivity contribution is 6.31. The van der Waals surface area contributed by atoms with Crippen LogP contribution in [0.3, 0.4) is 0 Å². The molecule has 3 aromatic rings. The van der Waals surface area contributed by atoms with E-state index < -0.39 is 30.0 Å². The van der Waals surface area contributed by atoms with Gasteiger partial charge in [0.15, 0.2) is 5.69 Å². The van der Waals surface area contributed by atoms with Gasteiger partial charge in [-0.05, 0) is 48.6 Å². The van der Waals surface area contributed by atoms with Gasteiger partial charge < -0.3 is 30.5 Å². The minimum atomic E-state index is -1.17. The molecular weight excluding hydrogens is 474 g/mol. The van der Waals surface area contributed by atoms with Gasteiger partial charge >= 0.3 is 12.0 Å². The maximum Gasteiger partial charge on any atom is 0.319 e. The molecule has 0 aliphatic heterocycles. The van der Waals surface area contributed by atoms with Gasteiger partial charge in [0.2, 0.25) is 0 Å². The number of urea groups is 1. The van der Waals surface area contributed by atoms with Crippen LogP contribution in [0.4, 0.5) is 10.5 Å². The Kier molecular flexibility index (Phi) is 6.97. The van der Waals surface area contributed by atoms with E-state index in [4.69, 9.17) is 11.6 Å². The van der Waals surface area contributed by atoms with E-state index >= 15 is 0 Å². The van der Waals surface area contributed by atoms with Gasteiger partial charge in [0.1, 0.15) is 11.5 Å². The Morgan fingerprint density at radius 2 is 1.86 bits per heavy atom. The summed E-state index contributed by atoms with van der Waals surface area (Å²) in [7, 11) is 0. The zero-order chi connectivity index (χ0) is 25.1. The first-order chi connectivity index (χ1) is 16.7. The molecule has 0 saturated heterocycles. The molecule has 4 rings (SSSR count). The van der Waals surface area contributed by atoms with Gasteiger partial charge in [-0.25, -0.2) is 4.79 Å². The number of halogens is 1. The van der Waals surface area contributed by atoms with Crippen molar-refractivity contribution in [2.75, 3.05) is 5.32 Å². The Hall–Kier alpha value is -3.98. The van der Waals surface area contributed by atoms with Gasteiger partial charge in [-0.3, -0.25) is 9.59 Å². The van der Waals surface area contributed by atoms with E-state index in [0.29, 0.717) is 34.7 Å². The molecule has 2 aromatic carbocycles. The molecule has 35 heavy (non-hydrogen) atoms. The largest absolute Gasteiger partial charge is 0.508 e. The van der Waals surface area contributed by atoms with Gasteiger partial charge in [0, 0.05) is 16.3 Å². The number of hydrogen-bond donors (Lipinski definition) is 5. The lowest BCUT2D eigenvalue weighted by Crippen LogP contribution is -2.37. The molecule has 1 heterocycles. The van der Waals surface area contributed by atoms with Crippen molar-refractivity contribution < 1.29 is 24.9 Å². The molecule has 10 heteroatoms. The Balaban J connectivity index is 1.65. The molecular formula is C25H24ClN3O6. The van der Waals surface area contributed by atoms with Crippen molar-refractivity contribution in [2.45, 2.75) is 38.3 Å². The van der Waals surface area contributed by atoms with Crippen molar-refractivity contribution in [1.82, 2.24) is 9.88 Å². The van der Waals surface area contributed by atoms with Crippen LogP contribution in [-0.2, 0) is 24.2 Å². The van der Waals surface area contributed by atoms with Crippen LogP contribution in [0.2, 0.25) is 5.02 Å². The number of phenols is 1. The number of aromatic hydroxyl groups is 2. The highest BCUT2D eigenvalue weighted by Crippen LogP contribution is 2.34. The van der Waals surface area contributed by atoms with Gasteiger partial charge in [-0.2, -0.15) is 0 Å². The molecule has 0 saturated carbocycles. The monoisotopic (exact) mass is 497 g/mol. The molecule has 182 valence electrons. The van der Waals surface area contributed by atoms with Crippen LogP contribution in [0.5, 0.6) is 11.5 Å². The van der Waals surface area contributed by atoms with Crippen molar-refractivity contribution in [3.63, 3.8) is 0 Å². The van der Waals surface area contributed by atoms with Crippen LogP contribution in [0.25, 0.3) is 0 Å². The Bertz CT molecular complexity index is 1350.